The van der Waals surface area contributed by atoms with Crippen LogP contribution in [0.1, 0.15) is 52.5 Å². The number of aryl methyl sites for hydroxylation is 1. The molecule has 4 aromatic rings. The molecular weight excluding hydrogens is 703 g/mol. The first-order valence-corrected chi connectivity index (χ1v) is 19.2. The Morgan fingerprint density at radius 1 is 0.904 bits per heavy atom. The average molecular weight is 740 g/mol. The zero-order valence-corrected chi connectivity index (χ0v) is 30.4. The van der Waals surface area contributed by atoms with Gasteiger partial charge in [-0.1, -0.05) is 29.5 Å². The first-order valence-electron chi connectivity index (χ1n) is 17.5. The normalized spacial score (nSPS) is 25.4. The third-order valence-electron chi connectivity index (χ3n) is 10.6. The number of anilines is 2. The Balaban J connectivity index is 1.08. The minimum atomic E-state index is -0.482. The number of imide groups is 1. The Hall–Kier alpha value is -4.88. The van der Waals surface area contributed by atoms with Crippen LogP contribution in [0.2, 0.25) is 0 Å². The number of fused-ring (bicyclic) bond motifs is 9. The molecular formula is C39H37N3O8S2. The molecule has 0 radical (unpaired) electrons. The molecule has 8 rings (SSSR count). The number of ether oxygens (including phenoxy) is 3. The lowest BCUT2D eigenvalue weighted by molar-refractivity contribution is -0.123. The number of rotatable bonds is 10. The molecule has 2 aliphatic carbocycles. The number of thioether (sulfide) groups is 1. The Morgan fingerprint density at radius 2 is 1.67 bits per heavy atom. The number of H-pyrrole nitrogens is 1. The highest BCUT2D eigenvalue weighted by atomic mass is 32.2. The van der Waals surface area contributed by atoms with E-state index in [1.54, 1.807) is 49.0 Å². The quantitative estimate of drug-likeness (QED) is 0.148. The summed E-state index contributed by atoms with van der Waals surface area (Å²) in [5.74, 6) is -1.60. The van der Waals surface area contributed by atoms with Crippen molar-refractivity contribution < 1.29 is 33.4 Å². The van der Waals surface area contributed by atoms with Crippen molar-refractivity contribution in [3.8, 4) is 11.5 Å². The molecule has 52 heavy (non-hydrogen) atoms. The first kappa shape index (κ1) is 34.2. The van der Waals surface area contributed by atoms with Crippen molar-refractivity contribution in [2.45, 2.75) is 43.4 Å². The number of benzene rings is 3. The molecule has 0 unspecified atom stereocenters. The smallest absolute Gasteiger partial charge is 0.338 e. The molecule has 3 fully saturated rings. The number of aromatic nitrogens is 1. The maximum absolute atomic E-state index is 14.2. The van der Waals surface area contributed by atoms with E-state index in [1.165, 1.54) is 16.2 Å². The summed E-state index contributed by atoms with van der Waals surface area (Å²) in [6, 6.07) is 19.6. The zero-order chi connectivity index (χ0) is 36.3. The van der Waals surface area contributed by atoms with Crippen molar-refractivity contribution in [1.82, 2.24) is 4.98 Å². The number of hydrogen-bond donors (Lipinski definition) is 2. The molecule has 13 heteroatoms. The van der Waals surface area contributed by atoms with Gasteiger partial charge in [-0.25, -0.2) is 4.79 Å². The lowest BCUT2D eigenvalue weighted by Gasteiger charge is -2.43. The standard InChI is InChI=1S/C39H37N3O8S2/c1-4-48-27-16-21(11-14-26(27)50-18-28(43)40-22-8-6-7-19(3)15-22)29-30-24-17-25(33(30)51-35-34(29)52-39(47)41-35)32-31(24)36(44)42(37(32)45)23-12-9-20(10-13-23)38(46)49-5-2/h6-16,24-25,29-33H,4-5,17-18H2,1-3H3,(H,40,43)(H,41,47)/t24-,25-,29+,30-,31+,32+,33-/m1/s1. The highest BCUT2D eigenvalue weighted by molar-refractivity contribution is 8.00. The summed E-state index contributed by atoms with van der Waals surface area (Å²) in [4.78, 5) is 71.1. The number of carbonyl (C=O) groups is 4. The molecule has 1 aromatic heterocycles. The summed E-state index contributed by atoms with van der Waals surface area (Å²) in [7, 11) is 0. The summed E-state index contributed by atoms with van der Waals surface area (Å²) < 4.78 is 17.1. The number of esters is 1. The molecule has 3 heterocycles. The second kappa shape index (κ2) is 13.6. The lowest BCUT2D eigenvalue weighted by Crippen LogP contribution is -2.42. The topological polar surface area (TPSA) is 144 Å². The molecule has 3 aromatic carbocycles. The van der Waals surface area contributed by atoms with E-state index < -0.39 is 17.8 Å². The zero-order valence-electron chi connectivity index (χ0n) is 28.8. The van der Waals surface area contributed by atoms with E-state index in [0.29, 0.717) is 35.0 Å². The predicted octanol–water partition coefficient (Wildman–Crippen LogP) is 6.02. The van der Waals surface area contributed by atoms with E-state index >= 15 is 0 Å². The fourth-order valence-corrected chi connectivity index (χ4v) is 11.7. The molecule has 2 aliphatic heterocycles. The number of amides is 3. The van der Waals surface area contributed by atoms with Crippen LogP contribution in [-0.4, -0.2) is 53.7 Å². The minimum Gasteiger partial charge on any atom is -0.490 e. The molecule has 3 amide bonds. The SMILES string of the molecule is CCOC(=O)c1ccc(N2C(=O)[C@H]3[C@H]4C[C@@H]([C@@H]3C2=O)[C@@H]2[C@H](c3ccc(OCC(=O)Nc5cccc(C)c5)c(OCC)c3)c3sc(=O)[nH]c3S[C@H]42)cc1. The van der Waals surface area contributed by atoms with E-state index in [1.807, 2.05) is 50.2 Å². The van der Waals surface area contributed by atoms with Crippen LogP contribution in [0.25, 0.3) is 0 Å². The Kier molecular flexibility index (Phi) is 8.94. The van der Waals surface area contributed by atoms with E-state index in [-0.39, 0.29) is 64.7 Å². The van der Waals surface area contributed by atoms with Gasteiger partial charge in [0.2, 0.25) is 11.8 Å². The fraction of sp³-hybridized carbons (Fsp3) is 0.359. The van der Waals surface area contributed by atoms with Gasteiger partial charge in [-0.2, -0.15) is 0 Å². The van der Waals surface area contributed by atoms with Crippen molar-refractivity contribution >= 4 is 58.2 Å². The van der Waals surface area contributed by atoms with Gasteiger partial charge < -0.3 is 24.5 Å². The molecule has 2 N–H and O–H groups in total. The maximum Gasteiger partial charge on any atom is 0.338 e. The van der Waals surface area contributed by atoms with Gasteiger partial charge in [0.1, 0.15) is 0 Å². The van der Waals surface area contributed by atoms with Crippen molar-refractivity contribution in [2.75, 3.05) is 30.0 Å². The highest BCUT2D eigenvalue weighted by Gasteiger charge is 2.69. The third-order valence-corrected chi connectivity index (χ3v) is 13.2. The summed E-state index contributed by atoms with van der Waals surface area (Å²) in [6.07, 6.45) is 0.746. The summed E-state index contributed by atoms with van der Waals surface area (Å²) in [6.45, 7) is 5.96. The van der Waals surface area contributed by atoms with Gasteiger partial charge in [-0.05, 0) is 105 Å². The van der Waals surface area contributed by atoms with E-state index in [2.05, 4.69) is 10.3 Å². The predicted molar refractivity (Wildman–Crippen MR) is 196 cm³/mol. The van der Waals surface area contributed by atoms with Crippen LogP contribution in [0.5, 0.6) is 11.5 Å². The summed E-state index contributed by atoms with van der Waals surface area (Å²) in [5, 5.41) is 3.67. The van der Waals surface area contributed by atoms with Gasteiger partial charge in [0.25, 0.3) is 5.91 Å². The Bertz CT molecular complexity index is 2150. The van der Waals surface area contributed by atoms with Gasteiger partial charge in [-0.15, -0.1) is 11.8 Å². The number of nitrogens with one attached hydrogen (secondary N) is 2. The Morgan fingerprint density at radius 3 is 2.40 bits per heavy atom. The van der Waals surface area contributed by atoms with Gasteiger partial charge in [0, 0.05) is 21.7 Å². The molecule has 4 aliphatic rings. The molecule has 11 nitrogen and oxygen atoms in total. The van der Waals surface area contributed by atoms with Crippen LogP contribution in [0, 0.1) is 36.5 Å². The largest absolute Gasteiger partial charge is 0.490 e. The second-order valence-electron chi connectivity index (χ2n) is 13.6. The maximum atomic E-state index is 14.2. The molecule has 2 saturated carbocycles. The highest BCUT2D eigenvalue weighted by Crippen LogP contribution is 2.68. The lowest BCUT2D eigenvalue weighted by atomic mass is 9.68. The van der Waals surface area contributed by atoms with Crippen LogP contribution >= 0.6 is 23.1 Å². The summed E-state index contributed by atoms with van der Waals surface area (Å²) in [5.41, 5.74) is 3.42. The number of thiazole rings is 1. The minimum absolute atomic E-state index is 0.00804. The average Bonchev–Trinajstić information content (AvgIpc) is 3.86. The van der Waals surface area contributed by atoms with Crippen LogP contribution in [-0.2, 0) is 19.1 Å². The van der Waals surface area contributed by atoms with Crippen LogP contribution in [0.3, 0.4) is 0 Å². The summed E-state index contributed by atoms with van der Waals surface area (Å²) >= 11 is 2.80. The molecule has 268 valence electrons. The second-order valence-corrected chi connectivity index (χ2v) is 15.8. The van der Waals surface area contributed by atoms with Crippen LogP contribution < -0.4 is 24.6 Å². The molecule has 2 bridgehead atoms. The van der Waals surface area contributed by atoms with Gasteiger partial charge in [0.05, 0.1) is 41.3 Å². The first-order chi connectivity index (χ1) is 25.2. The van der Waals surface area contributed by atoms with Gasteiger partial charge >= 0.3 is 10.8 Å². The molecule has 1 saturated heterocycles. The number of nitrogens with zero attached hydrogens (tertiary/aromatic N) is 1. The van der Waals surface area contributed by atoms with Gasteiger partial charge in [0.15, 0.2) is 18.1 Å². The van der Waals surface area contributed by atoms with E-state index in [4.69, 9.17) is 14.2 Å². The van der Waals surface area contributed by atoms with E-state index in [9.17, 15) is 24.0 Å². The van der Waals surface area contributed by atoms with Crippen molar-refractivity contribution in [3.63, 3.8) is 0 Å². The van der Waals surface area contributed by atoms with E-state index in [0.717, 1.165) is 27.5 Å². The van der Waals surface area contributed by atoms with Crippen LogP contribution in [0.4, 0.5) is 11.4 Å². The number of aromatic amines is 1. The van der Waals surface area contributed by atoms with Crippen molar-refractivity contribution in [2.24, 2.45) is 29.6 Å². The monoisotopic (exact) mass is 739 g/mol. The van der Waals surface area contributed by atoms with Crippen molar-refractivity contribution in [1.29, 1.82) is 0 Å². The van der Waals surface area contributed by atoms with Gasteiger partial charge in [-0.3, -0.25) is 24.1 Å². The fourth-order valence-electron chi connectivity index (χ4n) is 8.77. The number of hydrogen-bond acceptors (Lipinski definition) is 10. The Labute approximate surface area is 308 Å². The third kappa shape index (κ3) is 5.79. The van der Waals surface area contributed by atoms with Crippen LogP contribution in [0.15, 0.2) is 76.6 Å². The van der Waals surface area contributed by atoms with Crippen molar-refractivity contribution in [3.05, 3.63) is 98.0 Å². The molecule has 0 spiro atoms. The molecule has 7 atom stereocenters. The number of carbonyl (C=O) groups excluding carboxylic acids is 4.